The minimum atomic E-state index is -0.208. The maximum atomic E-state index is 12.2. The van der Waals surface area contributed by atoms with Crippen LogP contribution in [0.1, 0.15) is 24.8 Å². The number of carbonyl (C=O) groups is 1. The Morgan fingerprint density at radius 2 is 2.00 bits per heavy atom. The van der Waals surface area contributed by atoms with Gasteiger partial charge in [0.15, 0.2) is 0 Å². The molecule has 0 aliphatic rings. The van der Waals surface area contributed by atoms with Crippen LogP contribution >= 0.6 is 11.3 Å². The summed E-state index contributed by atoms with van der Waals surface area (Å²) in [6.45, 7) is 2.11. The fraction of sp³-hybridized carbons (Fsp3) is 0.200. The van der Waals surface area contributed by atoms with Crippen molar-refractivity contribution < 1.29 is 13.8 Å². The monoisotopic (exact) mass is 394 g/mol. The Kier molecular flexibility index (Phi) is 5.29. The Bertz CT molecular complexity index is 1050. The zero-order chi connectivity index (χ0) is 19.3. The van der Waals surface area contributed by atoms with Gasteiger partial charge in [-0.15, -0.1) is 11.3 Å². The van der Waals surface area contributed by atoms with Crippen LogP contribution < -0.4 is 5.32 Å². The van der Waals surface area contributed by atoms with Crippen LogP contribution in [0.3, 0.4) is 0 Å². The fourth-order valence-electron chi connectivity index (χ4n) is 2.66. The van der Waals surface area contributed by atoms with Crippen molar-refractivity contribution in [3.8, 4) is 22.0 Å². The zero-order valence-electron chi connectivity index (χ0n) is 15.2. The predicted molar refractivity (Wildman–Crippen MR) is 106 cm³/mol. The first-order valence-electron chi connectivity index (χ1n) is 8.93. The fourth-order valence-corrected chi connectivity index (χ4v) is 3.31. The first-order chi connectivity index (χ1) is 13.7. The van der Waals surface area contributed by atoms with Crippen LogP contribution in [0.25, 0.3) is 22.0 Å². The lowest BCUT2D eigenvalue weighted by Gasteiger charge is -1.98. The topological polar surface area (TPSA) is 94.1 Å². The van der Waals surface area contributed by atoms with Crippen molar-refractivity contribution in [3.05, 3.63) is 59.3 Å². The maximum absolute atomic E-state index is 12.2. The van der Waals surface area contributed by atoms with E-state index < -0.39 is 0 Å². The third-order valence-corrected chi connectivity index (χ3v) is 5.07. The molecule has 1 aromatic carbocycles. The minimum absolute atomic E-state index is 0.202. The number of aryl methyl sites for hydroxylation is 2. The number of nitrogens with one attached hydrogen (secondary N) is 1. The summed E-state index contributed by atoms with van der Waals surface area (Å²) in [5, 5.41) is 12.6. The number of anilines is 1. The molecular weight excluding hydrogens is 376 g/mol. The molecule has 0 atom stereocenters. The summed E-state index contributed by atoms with van der Waals surface area (Å²) in [6, 6.07) is 13.6. The van der Waals surface area contributed by atoms with E-state index in [1.807, 2.05) is 29.6 Å². The number of thiophene rings is 1. The van der Waals surface area contributed by atoms with Crippen molar-refractivity contribution in [1.29, 1.82) is 0 Å². The van der Waals surface area contributed by atoms with Crippen LogP contribution in [0.2, 0.25) is 0 Å². The van der Waals surface area contributed by atoms with Gasteiger partial charge in [0.1, 0.15) is 5.69 Å². The quantitative estimate of drug-likeness (QED) is 0.493. The molecule has 0 unspecified atom stereocenters. The molecule has 0 fully saturated rings. The normalized spacial score (nSPS) is 10.9. The molecule has 1 N–H and O–H groups in total. The summed E-state index contributed by atoms with van der Waals surface area (Å²) in [7, 11) is 0. The van der Waals surface area contributed by atoms with Crippen LogP contribution in [-0.4, -0.2) is 21.2 Å². The number of hydrogen-bond donors (Lipinski definition) is 1. The largest absolute Gasteiger partial charge is 0.339 e. The van der Waals surface area contributed by atoms with Crippen molar-refractivity contribution in [2.45, 2.75) is 26.2 Å². The highest BCUT2D eigenvalue weighted by Crippen LogP contribution is 2.23. The summed E-state index contributed by atoms with van der Waals surface area (Å²) < 4.78 is 10.4. The molecule has 142 valence electrons. The predicted octanol–water partition coefficient (Wildman–Crippen LogP) is 4.59. The van der Waals surface area contributed by atoms with Crippen molar-refractivity contribution in [1.82, 2.24) is 15.3 Å². The van der Waals surface area contributed by atoms with E-state index in [0.717, 1.165) is 16.9 Å². The lowest BCUT2D eigenvalue weighted by Crippen LogP contribution is -2.11. The van der Waals surface area contributed by atoms with E-state index >= 15 is 0 Å². The van der Waals surface area contributed by atoms with Crippen molar-refractivity contribution in [2.75, 3.05) is 5.32 Å². The summed E-state index contributed by atoms with van der Waals surface area (Å²) in [5.41, 5.74) is 2.87. The molecule has 28 heavy (non-hydrogen) atoms. The Hall–Kier alpha value is -3.26. The number of benzene rings is 1. The van der Waals surface area contributed by atoms with E-state index in [0.29, 0.717) is 29.7 Å². The molecule has 0 saturated carbocycles. The Labute approximate surface area is 165 Å². The Morgan fingerprint density at radius 1 is 1.14 bits per heavy atom. The SMILES string of the molecule is CCc1ccc(-c2cc(NC(=O)CCc3nc(-c4cccs4)no3)on2)cc1. The minimum Gasteiger partial charge on any atom is -0.339 e. The van der Waals surface area contributed by atoms with Gasteiger partial charge in [0.25, 0.3) is 0 Å². The second-order valence-corrected chi connectivity index (χ2v) is 7.11. The number of aromatic nitrogens is 3. The summed E-state index contributed by atoms with van der Waals surface area (Å²) in [5.74, 6) is 1.07. The molecule has 4 aromatic rings. The standard InChI is InChI=1S/C20H18N4O3S/c1-2-13-5-7-14(8-6-13)15-12-19(27-23-15)21-17(25)9-10-18-22-20(24-26-18)16-4-3-11-28-16/h3-8,11-12H,2,9-10H2,1H3,(H,21,25). The molecule has 1 amide bonds. The van der Waals surface area contributed by atoms with Crippen LogP contribution in [0.4, 0.5) is 5.88 Å². The highest BCUT2D eigenvalue weighted by atomic mass is 32.1. The average molecular weight is 394 g/mol. The Balaban J connectivity index is 1.32. The molecule has 3 aromatic heterocycles. The molecule has 4 rings (SSSR count). The molecule has 8 heteroatoms. The van der Waals surface area contributed by atoms with E-state index in [1.165, 1.54) is 16.9 Å². The van der Waals surface area contributed by atoms with E-state index in [1.54, 1.807) is 6.07 Å². The third kappa shape index (κ3) is 4.17. The first kappa shape index (κ1) is 18.1. The first-order valence-corrected chi connectivity index (χ1v) is 9.81. The van der Waals surface area contributed by atoms with Gasteiger partial charge in [0.05, 0.1) is 4.88 Å². The van der Waals surface area contributed by atoms with Gasteiger partial charge in [-0.2, -0.15) is 4.98 Å². The lowest BCUT2D eigenvalue weighted by atomic mass is 10.1. The van der Waals surface area contributed by atoms with Crippen LogP contribution in [-0.2, 0) is 17.6 Å². The van der Waals surface area contributed by atoms with Crippen molar-refractivity contribution >= 4 is 23.1 Å². The van der Waals surface area contributed by atoms with Gasteiger partial charge in [0.2, 0.25) is 23.5 Å². The zero-order valence-corrected chi connectivity index (χ0v) is 16.0. The summed E-state index contributed by atoms with van der Waals surface area (Å²) >= 11 is 1.53. The van der Waals surface area contributed by atoms with E-state index in [-0.39, 0.29) is 12.3 Å². The number of carbonyl (C=O) groups excluding carboxylic acids is 1. The highest BCUT2D eigenvalue weighted by molar-refractivity contribution is 7.13. The molecule has 7 nitrogen and oxygen atoms in total. The van der Waals surface area contributed by atoms with Gasteiger partial charge in [-0.25, -0.2) is 0 Å². The molecule has 0 saturated heterocycles. The van der Waals surface area contributed by atoms with Crippen LogP contribution in [0.15, 0.2) is 56.9 Å². The molecule has 0 aliphatic carbocycles. The van der Waals surface area contributed by atoms with Gasteiger partial charge in [-0.3, -0.25) is 10.1 Å². The van der Waals surface area contributed by atoms with E-state index in [9.17, 15) is 4.79 Å². The second-order valence-electron chi connectivity index (χ2n) is 6.16. The highest BCUT2D eigenvalue weighted by Gasteiger charge is 2.13. The van der Waals surface area contributed by atoms with Crippen LogP contribution in [0.5, 0.6) is 0 Å². The third-order valence-electron chi connectivity index (χ3n) is 4.21. The molecular formula is C20H18N4O3S. The molecule has 3 heterocycles. The van der Waals surface area contributed by atoms with Crippen molar-refractivity contribution in [2.24, 2.45) is 0 Å². The van der Waals surface area contributed by atoms with Gasteiger partial charge in [-0.1, -0.05) is 47.6 Å². The smallest absolute Gasteiger partial charge is 0.231 e. The van der Waals surface area contributed by atoms with Gasteiger partial charge in [0, 0.05) is 24.5 Å². The van der Waals surface area contributed by atoms with Crippen molar-refractivity contribution in [3.63, 3.8) is 0 Å². The lowest BCUT2D eigenvalue weighted by molar-refractivity contribution is -0.116. The Morgan fingerprint density at radius 3 is 2.75 bits per heavy atom. The molecule has 0 aliphatic heterocycles. The number of nitrogens with zero attached hydrogens (tertiary/aromatic N) is 3. The van der Waals surface area contributed by atoms with Gasteiger partial charge in [-0.05, 0) is 23.4 Å². The van der Waals surface area contributed by atoms with Crippen LogP contribution in [0, 0.1) is 0 Å². The summed E-state index contributed by atoms with van der Waals surface area (Å²) in [4.78, 5) is 17.4. The average Bonchev–Trinajstić information content (AvgIpc) is 3.47. The summed E-state index contributed by atoms with van der Waals surface area (Å²) in [6.07, 6.45) is 1.53. The molecule has 0 radical (unpaired) electrons. The van der Waals surface area contributed by atoms with E-state index in [4.69, 9.17) is 9.05 Å². The number of hydrogen-bond acceptors (Lipinski definition) is 7. The van der Waals surface area contributed by atoms with Gasteiger partial charge >= 0.3 is 0 Å². The maximum Gasteiger partial charge on any atom is 0.231 e. The van der Waals surface area contributed by atoms with E-state index in [2.05, 4.69) is 39.7 Å². The van der Waals surface area contributed by atoms with Gasteiger partial charge < -0.3 is 9.05 Å². The second kappa shape index (κ2) is 8.18. The molecule has 0 spiro atoms. The number of rotatable bonds is 7. The number of amides is 1. The molecule has 0 bridgehead atoms.